The lowest BCUT2D eigenvalue weighted by atomic mass is 9.95. The Labute approximate surface area is 123 Å². The number of nitrogens with one attached hydrogen (secondary N) is 2. The summed E-state index contributed by atoms with van der Waals surface area (Å²) in [5.41, 5.74) is 0.247. The fraction of sp³-hybridized carbons (Fsp3) is 0.533. The van der Waals surface area contributed by atoms with Gasteiger partial charge in [-0.1, -0.05) is 19.9 Å². The number of aliphatic hydroxyl groups excluding tert-OH is 1. The van der Waals surface area contributed by atoms with Crippen LogP contribution in [0.25, 0.3) is 0 Å². The molecule has 0 aliphatic rings. The minimum absolute atomic E-state index is 0.0261. The fourth-order valence-corrected chi connectivity index (χ4v) is 2.03. The SMILES string of the molecule is CC(C)C(NC(=O)N[C@H](C)CCO)c1ccc(F)cc1F. The molecule has 0 radical (unpaired) electrons. The third kappa shape index (κ3) is 5.30. The summed E-state index contributed by atoms with van der Waals surface area (Å²) in [4.78, 5) is 11.9. The van der Waals surface area contributed by atoms with Crippen LogP contribution in [0.4, 0.5) is 13.6 Å². The standard InChI is InChI=1S/C15H22F2N2O2/c1-9(2)14(12-5-4-11(16)8-13(12)17)19-15(21)18-10(3)6-7-20/h4-5,8-10,14,20H,6-7H2,1-3H3,(H2,18,19,21)/t10-,14?/m1/s1. The number of rotatable bonds is 6. The van der Waals surface area contributed by atoms with Crippen molar-refractivity contribution in [1.29, 1.82) is 0 Å². The first-order valence-corrected chi connectivity index (χ1v) is 6.98. The normalized spacial score (nSPS) is 13.9. The highest BCUT2D eigenvalue weighted by atomic mass is 19.1. The number of hydrogen-bond donors (Lipinski definition) is 3. The Kier molecular flexibility index (Phi) is 6.55. The van der Waals surface area contributed by atoms with Gasteiger partial charge in [0, 0.05) is 24.3 Å². The van der Waals surface area contributed by atoms with E-state index in [9.17, 15) is 13.6 Å². The minimum Gasteiger partial charge on any atom is -0.396 e. The molecular weight excluding hydrogens is 278 g/mol. The van der Waals surface area contributed by atoms with Crippen molar-refractivity contribution in [2.45, 2.75) is 39.3 Å². The van der Waals surface area contributed by atoms with E-state index in [-0.39, 0.29) is 24.1 Å². The van der Waals surface area contributed by atoms with Gasteiger partial charge in [-0.2, -0.15) is 0 Å². The predicted molar refractivity (Wildman–Crippen MR) is 76.8 cm³/mol. The van der Waals surface area contributed by atoms with Crippen LogP contribution in [0.2, 0.25) is 0 Å². The molecule has 2 amide bonds. The highest BCUT2D eigenvalue weighted by Gasteiger charge is 2.22. The molecule has 118 valence electrons. The van der Waals surface area contributed by atoms with Gasteiger partial charge >= 0.3 is 6.03 Å². The Morgan fingerprint density at radius 2 is 1.90 bits per heavy atom. The Morgan fingerprint density at radius 3 is 2.43 bits per heavy atom. The predicted octanol–water partition coefficient (Wildman–Crippen LogP) is 2.73. The van der Waals surface area contributed by atoms with Gasteiger partial charge in [-0.25, -0.2) is 13.6 Å². The zero-order valence-electron chi connectivity index (χ0n) is 12.5. The molecule has 2 atom stereocenters. The molecule has 1 aromatic rings. The maximum absolute atomic E-state index is 13.8. The summed E-state index contributed by atoms with van der Waals surface area (Å²) in [5, 5.41) is 14.2. The molecule has 0 heterocycles. The van der Waals surface area contributed by atoms with Crippen molar-refractivity contribution in [2.24, 2.45) is 5.92 Å². The zero-order valence-corrected chi connectivity index (χ0v) is 12.5. The van der Waals surface area contributed by atoms with E-state index in [4.69, 9.17) is 5.11 Å². The smallest absolute Gasteiger partial charge is 0.315 e. The number of hydrogen-bond acceptors (Lipinski definition) is 2. The summed E-state index contributed by atoms with van der Waals surface area (Å²) in [6.07, 6.45) is 0.435. The van der Waals surface area contributed by atoms with Gasteiger partial charge in [0.15, 0.2) is 0 Å². The van der Waals surface area contributed by atoms with Crippen molar-refractivity contribution < 1.29 is 18.7 Å². The van der Waals surface area contributed by atoms with Crippen LogP contribution < -0.4 is 10.6 Å². The minimum atomic E-state index is -0.683. The second-order valence-electron chi connectivity index (χ2n) is 5.42. The number of amides is 2. The second kappa shape index (κ2) is 7.93. The highest BCUT2D eigenvalue weighted by Crippen LogP contribution is 2.24. The lowest BCUT2D eigenvalue weighted by molar-refractivity contribution is 0.223. The average Bonchev–Trinajstić information content (AvgIpc) is 2.36. The van der Waals surface area contributed by atoms with E-state index in [1.807, 2.05) is 13.8 Å². The molecule has 3 N–H and O–H groups in total. The molecule has 0 saturated heterocycles. The van der Waals surface area contributed by atoms with Crippen LogP contribution in [0.15, 0.2) is 18.2 Å². The molecule has 0 fully saturated rings. The average molecular weight is 300 g/mol. The van der Waals surface area contributed by atoms with Gasteiger partial charge in [0.05, 0.1) is 6.04 Å². The maximum atomic E-state index is 13.8. The van der Waals surface area contributed by atoms with Crippen LogP contribution in [0, 0.1) is 17.6 Å². The summed E-state index contributed by atoms with van der Waals surface area (Å²) in [6.45, 7) is 5.41. The van der Waals surface area contributed by atoms with E-state index >= 15 is 0 Å². The molecule has 0 aliphatic heterocycles. The molecule has 1 rings (SSSR count). The topological polar surface area (TPSA) is 61.4 Å². The number of aliphatic hydroxyl groups is 1. The summed E-state index contributed by atoms with van der Waals surface area (Å²) in [6, 6.07) is 2.11. The molecule has 0 spiro atoms. The summed E-state index contributed by atoms with van der Waals surface area (Å²) in [7, 11) is 0. The molecule has 0 saturated carbocycles. The lowest BCUT2D eigenvalue weighted by Crippen LogP contribution is -2.44. The first-order valence-electron chi connectivity index (χ1n) is 6.98. The molecule has 0 aromatic heterocycles. The van der Waals surface area contributed by atoms with Crippen LogP contribution >= 0.6 is 0 Å². The van der Waals surface area contributed by atoms with Crippen LogP contribution in [-0.2, 0) is 0 Å². The Morgan fingerprint density at radius 1 is 1.24 bits per heavy atom. The molecule has 4 nitrogen and oxygen atoms in total. The van der Waals surface area contributed by atoms with Gasteiger partial charge in [-0.05, 0) is 25.3 Å². The molecule has 1 unspecified atom stereocenters. The zero-order chi connectivity index (χ0) is 16.0. The van der Waals surface area contributed by atoms with Gasteiger partial charge in [0.2, 0.25) is 0 Å². The highest BCUT2D eigenvalue weighted by molar-refractivity contribution is 5.74. The van der Waals surface area contributed by atoms with Crippen LogP contribution in [-0.4, -0.2) is 23.8 Å². The maximum Gasteiger partial charge on any atom is 0.315 e. The molecule has 0 aliphatic carbocycles. The van der Waals surface area contributed by atoms with Gasteiger partial charge in [0.1, 0.15) is 11.6 Å². The van der Waals surface area contributed by atoms with Crippen LogP contribution in [0.1, 0.15) is 38.8 Å². The van der Waals surface area contributed by atoms with E-state index in [0.717, 1.165) is 6.07 Å². The van der Waals surface area contributed by atoms with Gasteiger partial charge in [-0.15, -0.1) is 0 Å². The van der Waals surface area contributed by atoms with Crippen LogP contribution in [0.5, 0.6) is 0 Å². The largest absolute Gasteiger partial charge is 0.396 e. The fourth-order valence-electron chi connectivity index (χ4n) is 2.03. The summed E-state index contributed by atoms with van der Waals surface area (Å²) >= 11 is 0. The van der Waals surface area contributed by atoms with Gasteiger partial charge in [0.25, 0.3) is 0 Å². The molecule has 0 bridgehead atoms. The second-order valence-corrected chi connectivity index (χ2v) is 5.42. The summed E-state index contributed by atoms with van der Waals surface area (Å²) in [5.74, 6) is -1.40. The third-order valence-corrected chi connectivity index (χ3v) is 3.19. The van der Waals surface area contributed by atoms with E-state index < -0.39 is 23.7 Å². The van der Waals surface area contributed by atoms with E-state index in [1.54, 1.807) is 6.92 Å². The van der Waals surface area contributed by atoms with E-state index in [2.05, 4.69) is 10.6 Å². The van der Waals surface area contributed by atoms with Crippen LogP contribution in [0.3, 0.4) is 0 Å². The van der Waals surface area contributed by atoms with Crippen molar-refractivity contribution >= 4 is 6.03 Å². The molecule has 6 heteroatoms. The Bertz CT molecular complexity index is 481. The number of carbonyl (C=O) groups excluding carboxylic acids is 1. The van der Waals surface area contributed by atoms with E-state index in [0.29, 0.717) is 6.42 Å². The Hall–Kier alpha value is -1.69. The molecule has 21 heavy (non-hydrogen) atoms. The molecular formula is C15H22F2N2O2. The van der Waals surface area contributed by atoms with Crippen molar-refractivity contribution in [3.05, 3.63) is 35.4 Å². The van der Waals surface area contributed by atoms with Crippen molar-refractivity contribution in [1.82, 2.24) is 10.6 Å². The number of urea groups is 1. The van der Waals surface area contributed by atoms with Crippen molar-refractivity contribution in [2.75, 3.05) is 6.61 Å². The van der Waals surface area contributed by atoms with E-state index in [1.165, 1.54) is 12.1 Å². The third-order valence-electron chi connectivity index (χ3n) is 3.19. The van der Waals surface area contributed by atoms with Crippen molar-refractivity contribution in [3.63, 3.8) is 0 Å². The van der Waals surface area contributed by atoms with Gasteiger partial charge in [-0.3, -0.25) is 0 Å². The van der Waals surface area contributed by atoms with Crippen molar-refractivity contribution in [3.8, 4) is 0 Å². The number of halogens is 2. The van der Waals surface area contributed by atoms with Gasteiger partial charge < -0.3 is 15.7 Å². The first-order chi connectivity index (χ1) is 9.85. The first kappa shape index (κ1) is 17.4. The Balaban J connectivity index is 2.81. The quantitative estimate of drug-likeness (QED) is 0.756. The monoisotopic (exact) mass is 300 g/mol. The number of benzene rings is 1. The number of carbonyl (C=O) groups is 1. The molecule has 1 aromatic carbocycles. The lowest BCUT2D eigenvalue weighted by Gasteiger charge is -2.24. The summed E-state index contributed by atoms with van der Waals surface area (Å²) < 4.78 is 26.8.